The minimum atomic E-state index is 0.678. The summed E-state index contributed by atoms with van der Waals surface area (Å²) < 4.78 is 6.59. The summed E-state index contributed by atoms with van der Waals surface area (Å²) in [6.07, 6.45) is 4.35. The molecule has 0 amide bonds. The normalized spacial score (nSPS) is 20.9. The van der Waals surface area contributed by atoms with Crippen molar-refractivity contribution in [1.82, 2.24) is 10.3 Å². The van der Waals surface area contributed by atoms with Gasteiger partial charge >= 0.3 is 0 Å². The summed E-state index contributed by atoms with van der Waals surface area (Å²) in [5.41, 5.74) is 1.17. The molecule has 3 nitrogen and oxygen atoms in total. The number of hydrogen-bond donors (Lipinski definition) is 1. The van der Waals surface area contributed by atoms with Crippen LogP contribution in [0.5, 0.6) is 0 Å². The first-order valence-corrected chi connectivity index (χ1v) is 6.53. The third-order valence-electron chi connectivity index (χ3n) is 2.81. The molecule has 0 spiro atoms. The average molecular weight is 285 g/mol. The van der Waals surface area contributed by atoms with Gasteiger partial charge in [0.1, 0.15) is 4.60 Å². The summed E-state index contributed by atoms with van der Waals surface area (Å²) in [4.78, 5) is 4.09. The molecule has 1 aliphatic rings. The molecule has 0 aliphatic carbocycles. The lowest BCUT2D eigenvalue weighted by atomic mass is 10.0. The van der Waals surface area contributed by atoms with Crippen molar-refractivity contribution in [2.45, 2.75) is 19.4 Å². The van der Waals surface area contributed by atoms with Gasteiger partial charge in [-0.1, -0.05) is 0 Å². The summed E-state index contributed by atoms with van der Waals surface area (Å²) in [5.74, 6) is 0.680. The van der Waals surface area contributed by atoms with Crippen molar-refractivity contribution in [3.8, 4) is 0 Å². The second-order valence-electron chi connectivity index (χ2n) is 4.21. The van der Waals surface area contributed by atoms with Gasteiger partial charge in [0.05, 0.1) is 13.2 Å². The van der Waals surface area contributed by atoms with Crippen molar-refractivity contribution in [1.29, 1.82) is 0 Å². The topological polar surface area (TPSA) is 34.1 Å². The van der Waals surface area contributed by atoms with E-state index in [9.17, 15) is 0 Å². The molecule has 1 N–H and O–H groups in total. The number of pyridine rings is 1. The van der Waals surface area contributed by atoms with E-state index in [-0.39, 0.29) is 0 Å². The second-order valence-corrected chi connectivity index (χ2v) is 5.03. The van der Waals surface area contributed by atoms with Gasteiger partial charge in [-0.3, -0.25) is 0 Å². The number of piperidine rings is 1. The van der Waals surface area contributed by atoms with Gasteiger partial charge in [0.15, 0.2) is 0 Å². The molecule has 0 aromatic carbocycles. The van der Waals surface area contributed by atoms with Gasteiger partial charge in [0.2, 0.25) is 0 Å². The molecule has 2 heterocycles. The maximum Gasteiger partial charge on any atom is 0.106 e. The van der Waals surface area contributed by atoms with E-state index in [1.54, 1.807) is 6.20 Å². The third-order valence-corrected chi connectivity index (χ3v) is 3.25. The fourth-order valence-corrected chi connectivity index (χ4v) is 2.35. The van der Waals surface area contributed by atoms with E-state index in [4.69, 9.17) is 4.74 Å². The molecule has 0 bridgehead atoms. The van der Waals surface area contributed by atoms with Gasteiger partial charge in [0, 0.05) is 12.7 Å². The van der Waals surface area contributed by atoms with E-state index < -0.39 is 0 Å². The number of rotatable bonds is 4. The largest absolute Gasteiger partial charge is 0.376 e. The molecular formula is C12H17BrN2O. The van der Waals surface area contributed by atoms with Crippen LogP contribution in [0.4, 0.5) is 0 Å². The summed E-state index contributed by atoms with van der Waals surface area (Å²) in [7, 11) is 0. The number of halogens is 1. The van der Waals surface area contributed by atoms with Crippen molar-refractivity contribution in [2.24, 2.45) is 5.92 Å². The van der Waals surface area contributed by atoms with Crippen LogP contribution in [0.15, 0.2) is 22.9 Å². The first-order valence-electron chi connectivity index (χ1n) is 5.73. The lowest BCUT2D eigenvalue weighted by Gasteiger charge is -2.22. The fraction of sp³-hybridized carbons (Fsp3) is 0.583. The SMILES string of the molecule is Brc1cc(COCC2CCCNC2)ccn1. The van der Waals surface area contributed by atoms with E-state index >= 15 is 0 Å². The van der Waals surface area contributed by atoms with Gasteiger partial charge in [0.25, 0.3) is 0 Å². The third kappa shape index (κ3) is 3.85. The monoisotopic (exact) mass is 284 g/mol. The first kappa shape index (κ1) is 12.0. The molecule has 1 unspecified atom stereocenters. The standard InChI is InChI=1S/C12H17BrN2O/c13-12-6-10(3-5-15-12)8-16-9-11-2-1-4-14-7-11/h3,5-6,11,14H,1-2,4,7-9H2. The Morgan fingerprint density at radius 3 is 3.25 bits per heavy atom. The van der Waals surface area contributed by atoms with E-state index in [1.807, 2.05) is 12.1 Å². The Hall–Kier alpha value is -0.450. The maximum absolute atomic E-state index is 5.73. The van der Waals surface area contributed by atoms with E-state index in [2.05, 4.69) is 26.2 Å². The van der Waals surface area contributed by atoms with Gasteiger partial charge in [-0.05, 0) is 58.9 Å². The van der Waals surface area contributed by atoms with Gasteiger partial charge in [-0.15, -0.1) is 0 Å². The van der Waals surface area contributed by atoms with Crippen LogP contribution >= 0.6 is 15.9 Å². The molecule has 0 saturated carbocycles. The number of nitrogens with one attached hydrogen (secondary N) is 1. The predicted octanol–water partition coefficient (Wildman–Crippen LogP) is 2.36. The van der Waals surface area contributed by atoms with E-state index in [0.717, 1.165) is 24.3 Å². The Morgan fingerprint density at radius 1 is 1.56 bits per heavy atom. The second kappa shape index (κ2) is 6.33. The highest BCUT2D eigenvalue weighted by Gasteiger charge is 2.12. The zero-order valence-electron chi connectivity index (χ0n) is 9.29. The van der Waals surface area contributed by atoms with Crippen LogP contribution < -0.4 is 5.32 Å². The summed E-state index contributed by atoms with van der Waals surface area (Å²) in [6.45, 7) is 3.79. The van der Waals surface area contributed by atoms with Crippen LogP contribution in [0.2, 0.25) is 0 Å². The minimum Gasteiger partial charge on any atom is -0.376 e. The molecule has 1 aromatic rings. The molecule has 1 aromatic heterocycles. The molecular weight excluding hydrogens is 268 g/mol. The minimum absolute atomic E-state index is 0.678. The fourth-order valence-electron chi connectivity index (χ4n) is 1.94. The highest BCUT2D eigenvalue weighted by atomic mass is 79.9. The van der Waals surface area contributed by atoms with Crippen molar-refractivity contribution in [2.75, 3.05) is 19.7 Å². The first-order chi connectivity index (χ1) is 7.84. The quantitative estimate of drug-likeness (QED) is 0.862. The Balaban J connectivity index is 1.71. The van der Waals surface area contributed by atoms with Crippen LogP contribution in [-0.4, -0.2) is 24.7 Å². The van der Waals surface area contributed by atoms with Gasteiger partial charge < -0.3 is 10.1 Å². The van der Waals surface area contributed by atoms with Crippen molar-refractivity contribution >= 4 is 15.9 Å². The van der Waals surface area contributed by atoms with Crippen LogP contribution in [-0.2, 0) is 11.3 Å². The predicted molar refractivity (Wildman–Crippen MR) is 67.2 cm³/mol. The Labute approximate surface area is 105 Å². The molecule has 1 aliphatic heterocycles. The molecule has 1 atom stereocenters. The summed E-state index contributed by atoms with van der Waals surface area (Å²) in [5, 5.41) is 3.40. The van der Waals surface area contributed by atoms with Crippen molar-refractivity contribution in [3.05, 3.63) is 28.5 Å². The summed E-state index contributed by atoms with van der Waals surface area (Å²) in [6, 6.07) is 3.99. The van der Waals surface area contributed by atoms with Crippen LogP contribution in [0, 0.1) is 5.92 Å². The number of nitrogens with zero attached hydrogens (tertiary/aromatic N) is 1. The molecule has 88 valence electrons. The van der Waals surface area contributed by atoms with E-state index in [1.165, 1.54) is 18.4 Å². The van der Waals surface area contributed by atoms with Crippen molar-refractivity contribution < 1.29 is 4.74 Å². The lowest BCUT2D eigenvalue weighted by molar-refractivity contribution is 0.0782. The van der Waals surface area contributed by atoms with Crippen molar-refractivity contribution in [3.63, 3.8) is 0 Å². The molecule has 2 rings (SSSR count). The molecule has 1 fully saturated rings. The molecule has 0 radical (unpaired) electrons. The maximum atomic E-state index is 5.73. The van der Waals surface area contributed by atoms with Crippen LogP contribution in [0.1, 0.15) is 18.4 Å². The van der Waals surface area contributed by atoms with Gasteiger partial charge in [-0.2, -0.15) is 0 Å². The zero-order chi connectivity index (χ0) is 11.2. The Morgan fingerprint density at radius 2 is 2.50 bits per heavy atom. The van der Waals surface area contributed by atoms with E-state index in [0.29, 0.717) is 12.5 Å². The summed E-state index contributed by atoms with van der Waals surface area (Å²) >= 11 is 3.35. The number of ether oxygens (including phenoxy) is 1. The van der Waals surface area contributed by atoms with Crippen LogP contribution in [0.25, 0.3) is 0 Å². The Bertz CT molecular complexity index is 327. The molecule has 1 saturated heterocycles. The zero-order valence-corrected chi connectivity index (χ0v) is 10.9. The lowest BCUT2D eigenvalue weighted by Crippen LogP contribution is -2.32. The van der Waals surface area contributed by atoms with Crippen LogP contribution in [0.3, 0.4) is 0 Å². The highest BCUT2D eigenvalue weighted by molar-refractivity contribution is 9.10. The smallest absolute Gasteiger partial charge is 0.106 e. The molecule has 4 heteroatoms. The molecule has 16 heavy (non-hydrogen) atoms. The van der Waals surface area contributed by atoms with Gasteiger partial charge in [-0.25, -0.2) is 4.98 Å². The number of hydrogen-bond acceptors (Lipinski definition) is 3. The Kier molecular flexibility index (Phi) is 4.75. The average Bonchev–Trinajstić information content (AvgIpc) is 2.30. The number of aromatic nitrogens is 1. The highest BCUT2D eigenvalue weighted by Crippen LogP contribution is 2.12.